The largest absolute Gasteiger partial charge is 0.395 e. The molecule has 38 heavy (non-hydrogen) atoms. The molecule has 0 radical (unpaired) electrons. The van der Waals surface area contributed by atoms with Gasteiger partial charge < -0.3 is 15.3 Å². The van der Waals surface area contributed by atoms with Crippen molar-refractivity contribution in [3.8, 4) is 0 Å². The van der Waals surface area contributed by atoms with E-state index in [0.717, 1.165) is 32.4 Å². The molecule has 5 rings (SSSR count). The van der Waals surface area contributed by atoms with Gasteiger partial charge in [0, 0.05) is 38.3 Å². The number of carbonyl (C=O) groups is 1. The first-order valence-corrected chi connectivity index (χ1v) is 15.9. The van der Waals surface area contributed by atoms with Gasteiger partial charge in [0.1, 0.15) is 0 Å². The standard InChI is InChI=1S/C25H33N5O6S2/c31-15-16-37(33,34)27-21-5-6-22(23(18-21)29-13-9-25(7-8-25)10-14-29)24(32)26-19-3-1-4-20(17-19)28-38(35,36)30-11-2-12-30/h1,3-6,18,27,31H,2,7-17H2,(H,26,32). The van der Waals surface area contributed by atoms with Crippen molar-refractivity contribution in [3.63, 3.8) is 0 Å². The average Bonchev–Trinajstić information content (AvgIpc) is 3.56. The van der Waals surface area contributed by atoms with Gasteiger partial charge in [-0.2, -0.15) is 17.1 Å². The van der Waals surface area contributed by atoms with E-state index < -0.39 is 32.6 Å². The Bertz CT molecular complexity index is 1400. The second-order valence-corrected chi connectivity index (χ2v) is 13.8. The number of rotatable bonds is 9. The van der Waals surface area contributed by atoms with Crippen molar-refractivity contribution in [1.82, 2.24) is 9.62 Å². The highest BCUT2D eigenvalue weighted by Crippen LogP contribution is 2.54. The minimum absolute atomic E-state index is 0.163. The van der Waals surface area contributed by atoms with Gasteiger partial charge in [-0.3, -0.25) is 9.52 Å². The normalized spacial score (nSPS) is 22.2. The number of amides is 1. The summed E-state index contributed by atoms with van der Waals surface area (Å²) in [4.78, 5) is 15.5. The van der Waals surface area contributed by atoms with Crippen LogP contribution in [0.1, 0.15) is 48.9 Å². The number of hydrogen-bond donors (Lipinski definition) is 3. The second kappa shape index (κ2) is 10.4. The molecule has 206 valence electrons. The number of nitrogens with one attached hydrogen (secondary N) is 2. The number of sulfonamides is 1. The van der Waals surface area contributed by atoms with Gasteiger partial charge in [0.2, 0.25) is 10.0 Å². The summed E-state index contributed by atoms with van der Waals surface area (Å²) < 4.78 is 57.0. The first-order chi connectivity index (χ1) is 18.1. The minimum atomic E-state index is -3.73. The molecule has 1 aromatic carbocycles. The molecule has 1 saturated carbocycles. The molecule has 2 aliphatic carbocycles. The first-order valence-electron chi connectivity index (χ1n) is 12.9. The molecular formula is C25H33N5O6S2. The van der Waals surface area contributed by atoms with Crippen LogP contribution in [-0.4, -0.2) is 76.4 Å². The zero-order valence-corrected chi connectivity index (χ0v) is 22.7. The van der Waals surface area contributed by atoms with E-state index >= 15 is 0 Å². The lowest BCUT2D eigenvalue weighted by atomic mass is 9.93. The van der Waals surface area contributed by atoms with Crippen LogP contribution < -0.4 is 14.9 Å². The SMILES string of the molecule is O=C(NC1=CC=CC(=NS(=O)(=O)N2CCC2)C1)c1ccc(NS(=O)(=O)CCO)cc1N1CCC2(CC1)CC2. The fraction of sp³-hybridized carbons (Fsp3) is 0.520. The molecule has 1 amide bonds. The lowest BCUT2D eigenvalue weighted by molar-refractivity contribution is 0.0965. The molecule has 0 atom stereocenters. The third-order valence-corrected chi connectivity index (χ3v) is 10.4. The molecule has 0 unspecified atom stereocenters. The van der Waals surface area contributed by atoms with Crippen LogP contribution in [0.4, 0.5) is 11.4 Å². The summed E-state index contributed by atoms with van der Waals surface area (Å²) in [7, 11) is -7.45. The van der Waals surface area contributed by atoms with E-state index in [4.69, 9.17) is 5.11 Å². The maximum Gasteiger partial charge on any atom is 0.322 e. The Hall–Kier alpha value is -2.74. The molecule has 0 bridgehead atoms. The zero-order valence-electron chi connectivity index (χ0n) is 21.1. The summed E-state index contributed by atoms with van der Waals surface area (Å²) in [5, 5.41) is 11.9. The molecular weight excluding hydrogens is 530 g/mol. The van der Waals surface area contributed by atoms with E-state index in [9.17, 15) is 21.6 Å². The van der Waals surface area contributed by atoms with Crippen LogP contribution in [0.2, 0.25) is 0 Å². The Balaban J connectivity index is 1.35. The molecule has 11 nitrogen and oxygen atoms in total. The summed E-state index contributed by atoms with van der Waals surface area (Å²) >= 11 is 0. The lowest BCUT2D eigenvalue weighted by Gasteiger charge is -2.35. The fourth-order valence-electron chi connectivity index (χ4n) is 4.97. The molecule has 1 spiro atoms. The molecule has 2 aliphatic heterocycles. The number of anilines is 2. The minimum Gasteiger partial charge on any atom is -0.395 e. The molecule has 1 aromatic rings. The van der Waals surface area contributed by atoms with E-state index in [2.05, 4.69) is 19.3 Å². The third kappa shape index (κ3) is 6.11. The molecule has 13 heteroatoms. The van der Waals surface area contributed by atoms with Crippen molar-refractivity contribution >= 4 is 43.2 Å². The van der Waals surface area contributed by atoms with Crippen molar-refractivity contribution in [2.75, 3.05) is 48.2 Å². The summed E-state index contributed by atoms with van der Waals surface area (Å²) in [6.07, 6.45) is 10.5. The van der Waals surface area contributed by atoms with Gasteiger partial charge in [-0.1, -0.05) is 6.08 Å². The summed E-state index contributed by atoms with van der Waals surface area (Å²) in [6.45, 7) is 1.97. The van der Waals surface area contributed by atoms with Crippen LogP contribution in [0.5, 0.6) is 0 Å². The van der Waals surface area contributed by atoms with Gasteiger partial charge in [0.15, 0.2) is 0 Å². The third-order valence-electron chi connectivity index (χ3n) is 7.60. The van der Waals surface area contributed by atoms with Crippen LogP contribution in [0.3, 0.4) is 0 Å². The highest BCUT2D eigenvalue weighted by molar-refractivity contribution is 7.92. The van der Waals surface area contributed by atoms with Gasteiger partial charge in [0.05, 0.1) is 35.0 Å². The smallest absolute Gasteiger partial charge is 0.322 e. The first kappa shape index (κ1) is 26.9. The van der Waals surface area contributed by atoms with Gasteiger partial charge in [-0.15, -0.1) is 0 Å². The predicted octanol–water partition coefficient (Wildman–Crippen LogP) is 1.77. The van der Waals surface area contributed by atoms with E-state index in [0.29, 0.717) is 46.9 Å². The average molecular weight is 564 g/mol. The Morgan fingerprint density at radius 1 is 1.05 bits per heavy atom. The summed E-state index contributed by atoms with van der Waals surface area (Å²) in [5.74, 6) is -0.793. The highest BCUT2D eigenvalue weighted by atomic mass is 32.2. The zero-order chi connectivity index (χ0) is 27.0. The highest BCUT2D eigenvalue weighted by Gasteiger charge is 2.44. The number of benzene rings is 1. The molecule has 4 aliphatic rings. The van der Waals surface area contributed by atoms with Crippen LogP contribution in [0.15, 0.2) is 46.5 Å². The molecule has 3 fully saturated rings. The summed E-state index contributed by atoms with van der Waals surface area (Å²) in [5.41, 5.74) is 2.62. The number of aliphatic hydroxyl groups excluding tert-OH is 1. The lowest BCUT2D eigenvalue weighted by Crippen LogP contribution is -2.41. The van der Waals surface area contributed by atoms with Gasteiger partial charge >= 0.3 is 10.2 Å². The van der Waals surface area contributed by atoms with Crippen LogP contribution in [0, 0.1) is 5.41 Å². The van der Waals surface area contributed by atoms with Crippen LogP contribution in [0.25, 0.3) is 0 Å². The fourth-order valence-corrected chi connectivity index (χ4v) is 7.06. The van der Waals surface area contributed by atoms with Gasteiger partial charge in [-0.25, -0.2) is 8.42 Å². The Labute approximate surface area is 223 Å². The maximum atomic E-state index is 13.4. The Morgan fingerprint density at radius 3 is 2.42 bits per heavy atom. The number of allylic oxidation sites excluding steroid dienone is 4. The monoisotopic (exact) mass is 563 g/mol. The molecule has 0 aromatic heterocycles. The van der Waals surface area contributed by atoms with Gasteiger partial charge in [0.25, 0.3) is 5.91 Å². The van der Waals surface area contributed by atoms with E-state index in [-0.39, 0.29) is 12.3 Å². The summed E-state index contributed by atoms with van der Waals surface area (Å²) in [6, 6.07) is 4.78. The van der Waals surface area contributed by atoms with Crippen molar-refractivity contribution in [2.45, 2.75) is 38.5 Å². The quantitative estimate of drug-likeness (QED) is 0.415. The number of aliphatic hydroxyl groups is 1. The maximum absolute atomic E-state index is 13.4. The number of nitrogens with zero attached hydrogens (tertiary/aromatic N) is 3. The molecule has 2 saturated heterocycles. The van der Waals surface area contributed by atoms with E-state index in [1.165, 1.54) is 23.2 Å². The van der Waals surface area contributed by atoms with Crippen molar-refractivity contribution in [1.29, 1.82) is 0 Å². The number of piperidine rings is 1. The van der Waals surface area contributed by atoms with Gasteiger partial charge in [-0.05, 0) is 67.9 Å². The Morgan fingerprint density at radius 2 is 1.79 bits per heavy atom. The molecule has 2 heterocycles. The predicted molar refractivity (Wildman–Crippen MR) is 146 cm³/mol. The van der Waals surface area contributed by atoms with Crippen molar-refractivity contribution in [3.05, 3.63) is 47.7 Å². The van der Waals surface area contributed by atoms with Crippen molar-refractivity contribution in [2.24, 2.45) is 9.81 Å². The van der Waals surface area contributed by atoms with E-state index in [1.54, 1.807) is 30.4 Å². The van der Waals surface area contributed by atoms with Crippen LogP contribution >= 0.6 is 0 Å². The van der Waals surface area contributed by atoms with Crippen molar-refractivity contribution < 1.29 is 26.7 Å². The number of carbonyl (C=O) groups excluding carboxylic acids is 1. The number of hydrogen-bond acceptors (Lipinski definition) is 7. The van der Waals surface area contributed by atoms with E-state index in [1.807, 2.05) is 0 Å². The van der Waals surface area contributed by atoms with Crippen LogP contribution in [-0.2, 0) is 20.2 Å². The second-order valence-electron chi connectivity index (χ2n) is 10.4. The Kier molecular flexibility index (Phi) is 7.37. The molecule has 3 N–H and O–H groups in total. The topological polar surface area (TPSA) is 148 Å².